The number of hydrogen-bond donors (Lipinski definition) is 0. The van der Waals surface area contributed by atoms with E-state index in [0.717, 1.165) is 31.3 Å². The Hall–Kier alpha value is -1.08. The predicted molar refractivity (Wildman–Crippen MR) is 83.6 cm³/mol. The van der Waals surface area contributed by atoms with Gasteiger partial charge in [0.25, 0.3) is 0 Å². The summed E-state index contributed by atoms with van der Waals surface area (Å²) in [7, 11) is 0. The number of benzene rings is 1. The number of rotatable bonds is 3. The molecule has 0 aromatic heterocycles. The van der Waals surface area contributed by atoms with Crippen molar-refractivity contribution in [3.05, 3.63) is 47.5 Å². The second-order valence-electron chi connectivity index (χ2n) is 6.71. The maximum Gasteiger partial charge on any atom is 0.0646 e. The maximum absolute atomic E-state index is 6.24. The first-order chi connectivity index (χ1) is 9.66. The zero-order chi connectivity index (χ0) is 14.1. The summed E-state index contributed by atoms with van der Waals surface area (Å²) >= 11 is 0. The van der Waals surface area contributed by atoms with Gasteiger partial charge in [-0.15, -0.1) is 0 Å². The van der Waals surface area contributed by atoms with Crippen LogP contribution in [-0.4, -0.2) is 12.7 Å². The summed E-state index contributed by atoms with van der Waals surface area (Å²) in [6, 6.07) is 10.8. The van der Waals surface area contributed by atoms with Gasteiger partial charge in [0.15, 0.2) is 0 Å². The number of aryl methyl sites for hydroxylation is 1. The second kappa shape index (κ2) is 5.73. The van der Waals surface area contributed by atoms with Gasteiger partial charge in [-0.3, -0.25) is 0 Å². The SMILES string of the molecule is CC1=C[C@H](C)[C@H]2CO[C@@H](CCc3ccccc3)[C@H]1[C@@H]2C. The first kappa shape index (κ1) is 13.9. The summed E-state index contributed by atoms with van der Waals surface area (Å²) in [5.41, 5.74) is 2.98. The molecule has 3 rings (SSSR count). The summed E-state index contributed by atoms with van der Waals surface area (Å²) in [6.45, 7) is 8.02. The van der Waals surface area contributed by atoms with Gasteiger partial charge in [0.05, 0.1) is 12.7 Å². The molecule has 1 aliphatic heterocycles. The lowest BCUT2D eigenvalue weighted by molar-refractivity contribution is -0.0935. The van der Waals surface area contributed by atoms with E-state index in [4.69, 9.17) is 4.74 Å². The van der Waals surface area contributed by atoms with Crippen LogP contribution >= 0.6 is 0 Å². The van der Waals surface area contributed by atoms with Gasteiger partial charge >= 0.3 is 0 Å². The van der Waals surface area contributed by atoms with Crippen LogP contribution in [0.3, 0.4) is 0 Å². The van der Waals surface area contributed by atoms with Gasteiger partial charge in [0.1, 0.15) is 0 Å². The minimum atomic E-state index is 0.408. The van der Waals surface area contributed by atoms with Gasteiger partial charge in [-0.05, 0) is 43.1 Å². The van der Waals surface area contributed by atoms with Crippen molar-refractivity contribution >= 4 is 0 Å². The van der Waals surface area contributed by atoms with Crippen LogP contribution < -0.4 is 0 Å². The van der Waals surface area contributed by atoms with Crippen LogP contribution in [0.15, 0.2) is 42.0 Å². The Labute approximate surface area is 123 Å². The van der Waals surface area contributed by atoms with E-state index in [-0.39, 0.29) is 0 Å². The molecule has 108 valence electrons. The molecule has 0 spiro atoms. The number of allylic oxidation sites excluding steroid dienone is 1. The first-order valence-corrected chi connectivity index (χ1v) is 8.00. The van der Waals surface area contributed by atoms with Crippen LogP contribution in [0, 0.1) is 23.7 Å². The van der Waals surface area contributed by atoms with E-state index in [1.807, 2.05) is 0 Å². The Morgan fingerprint density at radius 2 is 1.90 bits per heavy atom. The van der Waals surface area contributed by atoms with E-state index in [0.29, 0.717) is 17.9 Å². The largest absolute Gasteiger partial charge is 0.377 e. The zero-order valence-corrected chi connectivity index (χ0v) is 12.9. The average molecular weight is 270 g/mol. The lowest BCUT2D eigenvalue weighted by Crippen LogP contribution is -2.46. The lowest BCUT2D eigenvalue weighted by atomic mass is 9.65. The van der Waals surface area contributed by atoms with Crippen LogP contribution in [0.25, 0.3) is 0 Å². The molecule has 2 bridgehead atoms. The fourth-order valence-corrected chi connectivity index (χ4v) is 4.30. The fourth-order valence-electron chi connectivity index (χ4n) is 4.30. The Morgan fingerprint density at radius 3 is 2.65 bits per heavy atom. The van der Waals surface area contributed by atoms with Crippen LogP contribution in [0.1, 0.15) is 32.8 Å². The molecular weight excluding hydrogens is 244 g/mol. The number of fused-ring (bicyclic) bond motifs is 2. The molecule has 1 saturated heterocycles. The third kappa shape index (κ3) is 2.56. The lowest BCUT2D eigenvalue weighted by Gasteiger charge is -2.47. The van der Waals surface area contributed by atoms with Gasteiger partial charge in [-0.2, -0.15) is 0 Å². The van der Waals surface area contributed by atoms with Gasteiger partial charge in [-0.1, -0.05) is 55.8 Å². The van der Waals surface area contributed by atoms with Crippen molar-refractivity contribution in [3.63, 3.8) is 0 Å². The Balaban J connectivity index is 1.70. The van der Waals surface area contributed by atoms with Crippen molar-refractivity contribution in [3.8, 4) is 0 Å². The van der Waals surface area contributed by atoms with Gasteiger partial charge in [0, 0.05) is 5.92 Å². The van der Waals surface area contributed by atoms with E-state index >= 15 is 0 Å². The molecule has 0 unspecified atom stereocenters. The molecule has 1 aromatic carbocycles. The Kier molecular flexibility index (Phi) is 3.98. The van der Waals surface area contributed by atoms with Gasteiger partial charge in [-0.25, -0.2) is 0 Å². The normalized spacial score (nSPS) is 36.5. The van der Waals surface area contributed by atoms with Crippen molar-refractivity contribution in [1.82, 2.24) is 0 Å². The highest BCUT2D eigenvalue weighted by molar-refractivity contribution is 5.18. The highest BCUT2D eigenvalue weighted by Gasteiger charge is 2.42. The highest BCUT2D eigenvalue weighted by atomic mass is 16.5. The smallest absolute Gasteiger partial charge is 0.0646 e. The molecule has 1 fully saturated rings. The van der Waals surface area contributed by atoms with E-state index < -0.39 is 0 Å². The molecule has 1 heteroatoms. The maximum atomic E-state index is 6.24. The summed E-state index contributed by atoms with van der Waals surface area (Å²) < 4.78 is 6.24. The summed E-state index contributed by atoms with van der Waals surface area (Å²) in [5.74, 6) is 2.80. The highest BCUT2D eigenvalue weighted by Crippen LogP contribution is 2.45. The molecule has 0 amide bonds. The van der Waals surface area contributed by atoms with Gasteiger partial charge < -0.3 is 4.74 Å². The van der Waals surface area contributed by atoms with Crippen molar-refractivity contribution in [2.45, 2.75) is 39.7 Å². The van der Waals surface area contributed by atoms with E-state index in [1.165, 1.54) is 5.56 Å². The first-order valence-electron chi connectivity index (χ1n) is 8.00. The van der Waals surface area contributed by atoms with Crippen molar-refractivity contribution in [2.75, 3.05) is 6.61 Å². The fraction of sp³-hybridized carbons (Fsp3) is 0.579. The molecule has 0 saturated carbocycles. The molecule has 1 aliphatic carbocycles. The van der Waals surface area contributed by atoms with Crippen LogP contribution in [-0.2, 0) is 11.2 Å². The standard InChI is InChI=1S/C19H26O/c1-13-11-14(2)19-15(3)17(13)12-20-18(19)10-9-16-7-5-4-6-8-16/h4-8,11,13,15,17-19H,9-10,12H2,1-3H3/t13-,15+,17+,18-,19+/m0/s1. The second-order valence-corrected chi connectivity index (χ2v) is 6.71. The molecule has 0 N–H and O–H groups in total. The van der Waals surface area contributed by atoms with E-state index in [1.54, 1.807) is 5.57 Å². The Morgan fingerprint density at radius 1 is 1.15 bits per heavy atom. The summed E-state index contributed by atoms with van der Waals surface area (Å²) in [5, 5.41) is 0. The molecule has 1 nitrogen and oxygen atoms in total. The van der Waals surface area contributed by atoms with Crippen LogP contribution in [0.4, 0.5) is 0 Å². The minimum Gasteiger partial charge on any atom is -0.377 e. The van der Waals surface area contributed by atoms with Crippen LogP contribution in [0.5, 0.6) is 0 Å². The minimum absolute atomic E-state index is 0.408. The van der Waals surface area contributed by atoms with Crippen molar-refractivity contribution in [2.24, 2.45) is 23.7 Å². The topological polar surface area (TPSA) is 9.23 Å². The number of hydrogen-bond acceptors (Lipinski definition) is 1. The third-order valence-corrected chi connectivity index (χ3v) is 5.43. The predicted octanol–water partition coefficient (Wildman–Crippen LogP) is 4.48. The molecule has 1 aromatic rings. The summed E-state index contributed by atoms with van der Waals surface area (Å²) in [6.07, 6.45) is 5.17. The van der Waals surface area contributed by atoms with E-state index in [9.17, 15) is 0 Å². The van der Waals surface area contributed by atoms with Gasteiger partial charge in [0.2, 0.25) is 0 Å². The Bertz CT molecular complexity index is 476. The quantitative estimate of drug-likeness (QED) is 0.736. The molecule has 0 radical (unpaired) electrons. The average Bonchev–Trinajstić information content (AvgIpc) is 2.44. The van der Waals surface area contributed by atoms with Crippen molar-refractivity contribution in [1.29, 1.82) is 0 Å². The molecule has 1 heterocycles. The van der Waals surface area contributed by atoms with Crippen molar-refractivity contribution < 1.29 is 4.74 Å². The monoisotopic (exact) mass is 270 g/mol. The third-order valence-electron chi connectivity index (χ3n) is 5.43. The zero-order valence-electron chi connectivity index (χ0n) is 12.9. The summed E-state index contributed by atoms with van der Waals surface area (Å²) in [4.78, 5) is 0. The van der Waals surface area contributed by atoms with E-state index in [2.05, 4.69) is 57.2 Å². The molecule has 5 atom stereocenters. The van der Waals surface area contributed by atoms with Crippen LogP contribution in [0.2, 0.25) is 0 Å². The number of ether oxygens (including phenoxy) is 1. The molecule has 20 heavy (non-hydrogen) atoms. The molecular formula is C19H26O. The molecule has 2 aliphatic rings.